The first-order chi connectivity index (χ1) is 11.2. The Hall–Kier alpha value is -1.90. The Kier molecular flexibility index (Phi) is 5.63. The van der Waals surface area contributed by atoms with Crippen molar-refractivity contribution in [2.24, 2.45) is 0 Å². The summed E-state index contributed by atoms with van der Waals surface area (Å²) in [4.78, 5) is 15.4. The van der Waals surface area contributed by atoms with Gasteiger partial charge in [-0.15, -0.1) is 10.2 Å². The van der Waals surface area contributed by atoms with Gasteiger partial charge in [-0.1, -0.05) is 6.08 Å². The third kappa shape index (κ3) is 4.34. The minimum Gasteiger partial charge on any atom is -0.335 e. The predicted molar refractivity (Wildman–Crippen MR) is 82.2 cm³/mol. The molecule has 0 saturated heterocycles. The van der Waals surface area contributed by atoms with Crippen molar-refractivity contribution in [3.63, 3.8) is 0 Å². The van der Waals surface area contributed by atoms with E-state index in [-0.39, 0.29) is 24.7 Å². The molecule has 1 aliphatic rings. The van der Waals surface area contributed by atoms with E-state index in [9.17, 15) is 18.0 Å². The smallest absolute Gasteiger partial charge is 0.335 e. The lowest BCUT2D eigenvalue weighted by atomic mass is 9.98. The molecule has 0 aromatic carbocycles. The Balaban J connectivity index is 2.08. The van der Waals surface area contributed by atoms with E-state index in [0.29, 0.717) is 25.3 Å². The van der Waals surface area contributed by atoms with Crippen molar-refractivity contribution in [3.8, 4) is 0 Å². The first-order valence-electron chi connectivity index (χ1n) is 7.75. The van der Waals surface area contributed by atoms with Crippen LogP contribution >= 0.6 is 0 Å². The van der Waals surface area contributed by atoms with Gasteiger partial charge in [0.15, 0.2) is 5.82 Å². The summed E-state index contributed by atoms with van der Waals surface area (Å²) in [5, 5.41) is 7.61. The van der Waals surface area contributed by atoms with Gasteiger partial charge in [0.1, 0.15) is 11.7 Å². The summed E-state index contributed by atoms with van der Waals surface area (Å²) in [5.74, 6) is -1.46. The fraction of sp³-hybridized carbons (Fsp3) is 0.667. The fourth-order valence-corrected chi connectivity index (χ4v) is 2.64. The number of amides is 1. The van der Waals surface area contributed by atoms with Gasteiger partial charge in [-0.2, -0.15) is 13.2 Å². The van der Waals surface area contributed by atoms with E-state index < -0.39 is 12.1 Å². The molecule has 1 aliphatic heterocycles. The highest BCUT2D eigenvalue weighted by atomic mass is 19.4. The van der Waals surface area contributed by atoms with Gasteiger partial charge in [-0.25, -0.2) is 0 Å². The van der Waals surface area contributed by atoms with Gasteiger partial charge in [0.2, 0.25) is 5.91 Å². The number of carbonyl (C=O) groups is 1. The van der Waals surface area contributed by atoms with Crippen molar-refractivity contribution in [3.05, 3.63) is 23.8 Å². The third-order valence-corrected chi connectivity index (χ3v) is 3.92. The van der Waals surface area contributed by atoms with E-state index >= 15 is 0 Å². The molecule has 1 atom stereocenters. The van der Waals surface area contributed by atoms with Crippen molar-refractivity contribution in [1.82, 2.24) is 24.6 Å². The molecule has 0 radical (unpaired) electrons. The average Bonchev–Trinajstić information content (AvgIpc) is 2.88. The van der Waals surface area contributed by atoms with E-state index in [1.807, 2.05) is 19.0 Å². The number of aromatic nitrogens is 3. The van der Waals surface area contributed by atoms with Crippen LogP contribution in [0.15, 0.2) is 12.2 Å². The van der Waals surface area contributed by atoms with Crippen LogP contribution in [0.4, 0.5) is 13.2 Å². The number of halogens is 3. The Morgan fingerprint density at radius 1 is 1.33 bits per heavy atom. The molecule has 9 heteroatoms. The largest absolute Gasteiger partial charge is 0.398 e. The summed E-state index contributed by atoms with van der Waals surface area (Å²) in [6, 6.07) is 0. The number of likely N-dealkylation sites (N-methyl/N-ethyl adjacent to an activating group) is 2. The van der Waals surface area contributed by atoms with Crippen LogP contribution in [0.5, 0.6) is 0 Å². The topological polar surface area (TPSA) is 54.3 Å². The number of hydrogen-bond acceptors (Lipinski definition) is 4. The zero-order valence-electron chi connectivity index (χ0n) is 14.0. The number of carbonyl (C=O) groups excluding carboxylic acids is 1. The molecule has 0 bridgehead atoms. The zero-order chi connectivity index (χ0) is 17.9. The second-order valence-corrected chi connectivity index (χ2v) is 6.22. The van der Waals surface area contributed by atoms with E-state index in [2.05, 4.69) is 10.2 Å². The molecule has 1 unspecified atom stereocenters. The molecule has 134 valence electrons. The summed E-state index contributed by atoms with van der Waals surface area (Å²) >= 11 is 0. The Labute approximate surface area is 138 Å². The van der Waals surface area contributed by atoms with Crippen LogP contribution in [0.25, 0.3) is 0 Å². The molecule has 0 aliphatic carbocycles. The van der Waals surface area contributed by atoms with Crippen LogP contribution < -0.4 is 0 Å². The number of fused-ring (bicyclic) bond motifs is 1. The SMILES string of the molecule is CN(C)C/C=C/C(=O)N(C)Cc1nnc2n1CCCC2C(F)(F)F. The molecule has 2 heterocycles. The molecule has 0 fully saturated rings. The monoisotopic (exact) mass is 345 g/mol. The molecule has 0 saturated carbocycles. The lowest BCUT2D eigenvalue weighted by Gasteiger charge is -2.26. The summed E-state index contributed by atoms with van der Waals surface area (Å²) in [5.41, 5.74) is 0. The molecule has 0 N–H and O–H groups in total. The molecule has 1 aromatic heterocycles. The van der Waals surface area contributed by atoms with E-state index in [4.69, 9.17) is 0 Å². The molecule has 0 spiro atoms. The predicted octanol–water partition coefficient (Wildman–Crippen LogP) is 1.79. The summed E-state index contributed by atoms with van der Waals surface area (Å²) < 4.78 is 40.7. The van der Waals surface area contributed by atoms with Crippen molar-refractivity contribution in [2.75, 3.05) is 27.7 Å². The van der Waals surface area contributed by atoms with E-state index in [1.54, 1.807) is 13.1 Å². The molecule has 1 aromatic rings. The lowest BCUT2D eigenvalue weighted by Crippen LogP contribution is -2.30. The van der Waals surface area contributed by atoms with Gasteiger partial charge >= 0.3 is 6.18 Å². The minimum atomic E-state index is -4.32. The highest BCUT2D eigenvalue weighted by Crippen LogP contribution is 2.40. The van der Waals surface area contributed by atoms with Crippen LogP contribution in [0.2, 0.25) is 0 Å². The first-order valence-corrected chi connectivity index (χ1v) is 7.75. The van der Waals surface area contributed by atoms with Gasteiger partial charge in [-0.05, 0) is 26.9 Å². The van der Waals surface area contributed by atoms with E-state index in [1.165, 1.54) is 15.5 Å². The van der Waals surface area contributed by atoms with Crippen LogP contribution in [0.1, 0.15) is 30.4 Å². The first kappa shape index (κ1) is 18.4. The molecular weight excluding hydrogens is 323 g/mol. The van der Waals surface area contributed by atoms with Gasteiger partial charge in [0.25, 0.3) is 0 Å². The van der Waals surface area contributed by atoms with Crippen LogP contribution in [-0.2, 0) is 17.9 Å². The number of rotatable bonds is 5. The maximum atomic E-state index is 13.1. The second kappa shape index (κ2) is 7.33. The normalized spacial score (nSPS) is 18.2. The molecule has 6 nitrogen and oxygen atoms in total. The van der Waals surface area contributed by atoms with Crippen molar-refractivity contribution < 1.29 is 18.0 Å². The van der Waals surface area contributed by atoms with E-state index in [0.717, 1.165) is 0 Å². The number of hydrogen-bond donors (Lipinski definition) is 0. The highest BCUT2D eigenvalue weighted by Gasteiger charge is 2.45. The summed E-state index contributed by atoms with van der Waals surface area (Å²) in [6.45, 7) is 1.21. The van der Waals surface area contributed by atoms with Gasteiger partial charge in [0, 0.05) is 26.2 Å². The Morgan fingerprint density at radius 3 is 2.67 bits per heavy atom. The minimum absolute atomic E-state index is 0.0314. The van der Waals surface area contributed by atoms with Crippen LogP contribution in [-0.4, -0.2) is 64.3 Å². The quantitative estimate of drug-likeness (QED) is 0.764. The second-order valence-electron chi connectivity index (χ2n) is 6.22. The van der Waals surface area contributed by atoms with Gasteiger partial charge < -0.3 is 14.4 Å². The van der Waals surface area contributed by atoms with Crippen molar-refractivity contribution in [2.45, 2.75) is 38.0 Å². The fourth-order valence-electron chi connectivity index (χ4n) is 2.64. The zero-order valence-corrected chi connectivity index (χ0v) is 14.0. The maximum Gasteiger partial charge on any atom is 0.398 e. The average molecular weight is 345 g/mol. The third-order valence-electron chi connectivity index (χ3n) is 3.92. The van der Waals surface area contributed by atoms with Crippen molar-refractivity contribution in [1.29, 1.82) is 0 Å². The van der Waals surface area contributed by atoms with Crippen molar-refractivity contribution >= 4 is 5.91 Å². The Morgan fingerprint density at radius 2 is 2.04 bits per heavy atom. The standard InChI is InChI=1S/C15H22F3N5O/c1-21(2)8-5-7-13(24)22(3)10-12-19-20-14-11(15(16,17)18)6-4-9-23(12)14/h5,7,11H,4,6,8-10H2,1-3H3/b7-5+. The summed E-state index contributed by atoms with van der Waals surface area (Å²) in [7, 11) is 5.37. The van der Waals surface area contributed by atoms with Crippen LogP contribution in [0.3, 0.4) is 0 Å². The summed E-state index contributed by atoms with van der Waals surface area (Å²) in [6.07, 6.45) is -0.685. The Bertz CT molecular complexity index is 609. The van der Waals surface area contributed by atoms with Crippen LogP contribution in [0, 0.1) is 0 Å². The van der Waals surface area contributed by atoms with Gasteiger partial charge in [-0.3, -0.25) is 4.79 Å². The highest BCUT2D eigenvalue weighted by molar-refractivity contribution is 5.87. The molecule has 1 amide bonds. The van der Waals surface area contributed by atoms with Gasteiger partial charge in [0.05, 0.1) is 6.54 Å². The molecular formula is C15H22F3N5O. The molecule has 2 rings (SSSR count). The number of nitrogens with zero attached hydrogens (tertiary/aromatic N) is 5. The number of alkyl halides is 3. The molecule has 24 heavy (non-hydrogen) atoms. The lowest BCUT2D eigenvalue weighted by molar-refractivity contribution is -0.156. The maximum absolute atomic E-state index is 13.1.